The highest BCUT2D eigenvalue weighted by Gasteiger charge is 2.35. The Morgan fingerprint density at radius 1 is 0.969 bits per heavy atom. The SMILES string of the molecule is CC(CS)C(=O)SCC(C)C(=O)N1CCCC1C.CCC(C)C(=O)N1CCCC1C(=O)O. The molecule has 0 bridgehead atoms. The molecule has 2 aliphatic rings. The van der Waals surface area contributed by atoms with Crippen LogP contribution in [-0.2, 0) is 19.2 Å². The number of carbonyl (C=O) groups excluding carboxylic acids is 3. The number of carboxylic acid groups (broad SMARTS) is 1. The smallest absolute Gasteiger partial charge is 0.326 e. The lowest BCUT2D eigenvalue weighted by Gasteiger charge is -2.24. The second-order valence-corrected chi connectivity index (χ2v) is 10.4. The molecule has 0 aromatic heterocycles. The molecule has 2 rings (SSSR count). The Labute approximate surface area is 202 Å². The Bertz CT molecular complexity index is 660. The van der Waals surface area contributed by atoms with E-state index in [0.717, 1.165) is 32.2 Å². The molecule has 5 atom stereocenters. The van der Waals surface area contributed by atoms with Crippen molar-refractivity contribution in [1.29, 1.82) is 0 Å². The van der Waals surface area contributed by atoms with Crippen LogP contribution in [-0.4, -0.2) is 74.5 Å². The summed E-state index contributed by atoms with van der Waals surface area (Å²) in [6.45, 7) is 11.1. The molecule has 0 saturated carbocycles. The maximum atomic E-state index is 12.2. The van der Waals surface area contributed by atoms with Crippen LogP contribution in [0.1, 0.15) is 66.7 Å². The number of nitrogens with zero attached hydrogens (tertiary/aromatic N) is 2. The quantitative estimate of drug-likeness (QED) is 0.507. The maximum Gasteiger partial charge on any atom is 0.326 e. The number of carbonyl (C=O) groups is 4. The molecule has 32 heavy (non-hydrogen) atoms. The highest BCUT2D eigenvalue weighted by molar-refractivity contribution is 8.13. The molecule has 184 valence electrons. The molecule has 1 N–H and O–H groups in total. The Morgan fingerprint density at radius 2 is 1.53 bits per heavy atom. The molecule has 5 unspecified atom stereocenters. The molecular weight excluding hydrogens is 448 g/mol. The normalized spacial score (nSPS) is 23.2. The first-order chi connectivity index (χ1) is 15.0. The fraction of sp³-hybridized carbons (Fsp3) is 0.826. The van der Waals surface area contributed by atoms with Crippen LogP contribution in [0.4, 0.5) is 0 Å². The molecule has 2 fully saturated rings. The van der Waals surface area contributed by atoms with E-state index in [1.807, 2.05) is 32.6 Å². The van der Waals surface area contributed by atoms with Crippen LogP contribution in [0.25, 0.3) is 0 Å². The summed E-state index contributed by atoms with van der Waals surface area (Å²) < 4.78 is 0. The van der Waals surface area contributed by atoms with Crippen LogP contribution in [0.3, 0.4) is 0 Å². The van der Waals surface area contributed by atoms with Crippen LogP contribution in [0, 0.1) is 17.8 Å². The first-order valence-electron chi connectivity index (χ1n) is 11.7. The molecule has 2 heterocycles. The number of hydrogen-bond donors (Lipinski definition) is 2. The van der Waals surface area contributed by atoms with Gasteiger partial charge in [-0.25, -0.2) is 4.79 Å². The zero-order valence-electron chi connectivity index (χ0n) is 20.1. The Morgan fingerprint density at radius 3 is 2.03 bits per heavy atom. The van der Waals surface area contributed by atoms with E-state index < -0.39 is 12.0 Å². The van der Waals surface area contributed by atoms with E-state index in [2.05, 4.69) is 19.6 Å². The van der Waals surface area contributed by atoms with Gasteiger partial charge >= 0.3 is 5.97 Å². The summed E-state index contributed by atoms with van der Waals surface area (Å²) in [6, 6.07) is -0.228. The summed E-state index contributed by atoms with van der Waals surface area (Å²) in [5.41, 5.74) is 0. The third-order valence-electron chi connectivity index (χ3n) is 6.26. The lowest BCUT2D eigenvalue weighted by Crippen LogP contribution is -2.42. The van der Waals surface area contributed by atoms with Gasteiger partial charge in [0, 0.05) is 48.4 Å². The third-order valence-corrected chi connectivity index (χ3v) is 8.17. The number of likely N-dealkylation sites (tertiary alicyclic amines) is 2. The minimum absolute atomic E-state index is 0.0163. The number of aliphatic carboxylic acids is 1. The molecule has 2 aliphatic heterocycles. The average molecular weight is 489 g/mol. The number of carboxylic acids is 1. The van der Waals surface area contributed by atoms with Gasteiger partial charge in [0.15, 0.2) is 5.12 Å². The van der Waals surface area contributed by atoms with Crippen LogP contribution in [0.5, 0.6) is 0 Å². The predicted octanol–water partition coefficient (Wildman–Crippen LogP) is 3.57. The van der Waals surface area contributed by atoms with E-state index in [1.165, 1.54) is 16.7 Å². The second-order valence-electron chi connectivity index (χ2n) is 8.97. The van der Waals surface area contributed by atoms with Gasteiger partial charge in [0.2, 0.25) is 11.8 Å². The van der Waals surface area contributed by atoms with Crippen LogP contribution >= 0.6 is 24.4 Å². The van der Waals surface area contributed by atoms with Crippen molar-refractivity contribution in [3.63, 3.8) is 0 Å². The monoisotopic (exact) mass is 488 g/mol. The first-order valence-corrected chi connectivity index (χ1v) is 13.3. The Kier molecular flexibility index (Phi) is 12.7. The van der Waals surface area contributed by atoms with Gasteiger partial charge in [-0.05, 0) is 39.0 Å². The van der Waals surface area contributed by atoms with Crippen molar-refractivity contribution >= 4 is 47.3 Å². The van der Waals surface area contributed by atoms with Crippen molar-refractivity contribution in [2.45, 2.75) is 78.8 Å². The summed E-state index contributed by atoms with van der Waals surface area (Å²) >= 11 is 5.38. The fourth-order valence-electron chi connectivity index (χ4n) is 3.78. The van der Waals surface area contributed by atoms with E-state index in [4.69, 9.17) is 5.11 Å². The van der Waals surface area contributed by atoms with Gasteiger partial charge in [0.25, 0.3) is 0 Å². The molecule has 0 aromatic carbocycles. The zero-order valence-corrected chi connectivity index (χ0v) is 21.8. The highest BCUT2D eigenvalue weighted by atomic mass is 32.2. The summed E-state index contributed by atoms with van der Waals surface area (Å²) in [5, 5.41) is 9.03. The largest absolute Gasteiger partial charge is 0.480 e. The molecule has 2 amide bonds. The number of amides is 2. The number of hydrogen-bond acceptors (Lipinski definition) is 6. The minimum Gasteiger partial charge on any atom is -0.480 e. The molecule has 7 nitrogen and oxygen atoms in total. The van der Waals surface area contributed by atoms with Crippen molar-refractivity contribution in [1.82, 2.24) is 9.80 Å². The summed E-state index contributed by atoms with van der Waals surface area (Å²) in [7, 11) is 0. The summed E-state index contributed by atoms with van der Waals surface area (Å²) in [4.78, 5) is 49.9. The van der Waals surface area contributed by atoms with Gasteiger partial charge in [-0.15, -0.1) is 0 Å². The van der Waals surface area contributed by atoms with Crippen LogP contribution in [0.15, 0.2) is 0 Å². The van der Waals surface area contributed by atoms with E-state index in [1.54, 1.807) is 0 Å². The van der Waals surface area contributed by atoms with Crippen molar-refractivity contribution < 1.29 is 24.3 Å². The van der Waals surface area contributed by atoms with Crippen molar-refractivity contribution in [3.05, 3.63) is 0 Å². The zero-order chi connectivity index (χ0) is 24.4. The molecule has 0 spiro atoms. The van der Waals surface area contributed by atoms with Gasteiger partial charge < -0.3 is 14.9 Å². The average Bonchev–Trinajstić information content (AvgIpc) is 3.44. The molecule has 0 radical (unpaired) electrons. The van der Waals surface area contributed by atoms with Gasteiger partial charge in [-0.2, -0.15) is 12.6 Å². The molecular formula is C23H40N2O5S2. The fourth-order valence-corrected chi connectivity index (χ4v) is 5.00. The molecule has 0 aliphatic carbocycles. The number of thiol groups is 1. The summed E-state index contributed by atoms with van der Waals surface area (Å²) in [6.07, 6.45) is 4.36. The van der Waals surface area contributed by atoms with Gasteiger partial charge in [-0.3, -0.25) is 14.4 Å². The lowest BCUT2D eigenvalue weighted by atomic mass is 10.1. The second kappa shape index (κ2) is 14.1. The highest BCUT2D eigenvalue weighted by Crippen LogP contribution is 2.23. The van der Waals surface area contributed by atoms with Crippen molar-refractivity contribution in [2.75, 3.05) is 24.6 Å². The van der Waals surface area contributed by atoms with E-state index in [9.17, 15) is 19.2 Å². The van der Waals surface area contributed by atoms with Gasteiger partial charge in [0.1, 0.15) is 6.04 Å². The Hall–Kier alpha value is -1.22. The van der Waals surface area contributed by atoms with E-state index in [0.29, 0.717) is 30.5 Å². The van der Waals surface area contributed by atoms with Crippen LogP contribution < -0.4 is 0 Å². The minimum atomic E-state index is -0.876. The van der Waals surface area contributed by atoms with E-state index >= 15 is 0 Å². The Balaban J connectivity index is 0.000000330. The molecule has 9 heteroatoms. The third kappa shape index (κ3) is 8.28. The van der Waals surface area contributed by atoms with Gasteiger partial charge in [0.05, 0.1) is 0 Å². The first kappa shape index (κ1) is 28.8. The molecule has 2 saturated heterocycles. The topological polar surface area (TPSA) is 95.0 Å². The number of rotatable bonds is 8. The van der Waals surface area contributed by atoms with Crippen molar-refractivity contribution in [2.24, 2.45) is 17.8 Å². The lowest BCUT2D eigenvalue weighted by molar-refractivity contribution is -0.149. The number of thioether (sulfide) groups is 1. The molecule has 0 aromatic rings. The predicted molar refractivity (Wildman–Crippen MR) is 132 cm³/mol. The van der Waals surface area contributed by atoms with Crippen LogP contribution in [0.2, 0.25) is 0 Å². The van der Waals surface area contributed by atoms with Gasteiger partial charge in [-0.1, -0.05) is 39.5 Å². The van der Waals surface area contributed by atoms with E-state index in [-0.39, 0.29) is 34.7 Å². The summed E-state index contributed by atoms with van der Waals surface area (Å²) in [5.74, 6) is 0.277. The maximum absolute atomic E-state index is 12.2. The van der Waals surface area contributed by atoms with Crippen molar-refractivity contribution in [3.8, 4) is 0 Å². The standard InChI is InChI=1S/C13H23NO2S2.C10H17NO3/c1-9(7-17)13(16)18-8-10(2)12(15)14-6-4-5-11(14)3;1-3-7(2)9(12)11-6-4-5-8(11)10(13)14/h9-11,17H,4-8H2,1-3H3;7-8H,3-6H2,1-2H3,(H,13,14).